The summed E-state index contributed by atoms with van der Waals surface area (Å²) in [6.45, 7) is 2.89. The first-order valence-corrected chi connectivity index (χ1v) is 13.3. The van der Waals surface area contributed by atoms with Crippen molar-refractivity contribution in [3.63, 3.8) is 0 Å². The molecule has 2 aliphatic rings. The smallest absolute Gasteiger partial charge is 0.239 e. The normalized spacial score (nSPS) is 32.9. The molecule has 0 aliphatic carbocycles. The van der Waals surface area contributed by atoms with Gasteiger partial charge in [0.05, 0.1) is 19.3 Å². The fraction of sp³-hybridized carbons (Fsp3) is 0.464. The average molecular weight is 609 g/mol. The largest absolute Gasteiger partial charge is 0.507 e. The molecular weight excluding hydrogens is 576 g/mol. The number of methoxy groups -OCH3 is 1. The molecule has 15 heteroatoms. The quantitative estimate of drug-likeness (QED) is 0.167. The van der Waals surface area contributed by atoms with Gasteiger partial charge < -0.3 is 69.0 Å². The molecule has 0 radical (unpaired) electrons. The van der Waals surface area contributed by atoms with Crippen LogP contribution >= 0.6 is 0 Å². The van der Waals surface area contributed by atoms with Crippen LogP contribution in [0, 0.1) is 0 Å². The van der Waals surface area contributed by atoms with Gasteiger partial charge in [-0.05, 0) is 32.0 Å². The summed E-state index contributed by atoms with van der Waals surface area (Å²) in [5, 5.41) is 82.4. The number of phenolic OH excluding ortho intramolecular Hbond substituents is 3. The number of benzene rings is 2. The molecule has 0 saturated carbocycles. The predicted molar refractivity (Wildman–Crippen MR) is 144 cm³/mol. The minimum Gasteiger partial charge on any atom is -0.507 e. The highest BCUT2D eigenvalue weighted by molar-refractivity contribution is 5.88. The predicted octanol–water partition coefficient (Wildman–Crippen LogP) is -0.356. The molecule has 2 aromatic carbocycles. The van der Waals surface area contributed by atoms with Crippen molar-refractivity contribution < 1.29 is 69.0 Å². The SMILES string of the molecule is COc1cc(O)c2c(=O)c(O[C@@H]3O[C@@H](C)[C@H](O[C@@H]4O[C@@H](C)[C@H](O)[C@@H](O)[C@H]4O)[C@@H](O)[C@H]3O)c(-c3ccc(O)c(O)c3)oc2c1. The Morgan fingerprint density at radius 2 is 1.42 bits per heavy atom. The van der Waals surface area contributed by atoms with Crippen LogP contribution in [-0.2, 0) is 14.2 Å². The van der Waals surface area contributed by atoms with Gasteiger partial charge in [-0.1, -0.05) is 0 Å². The summed E-state index contributed by atoms with van der Waals surface area (Å²) in [6, 6.07) is 6.05. The summed E-state index contributed by atoms with van der Waals surface area (Å²) in [4.78, 5) is 13.7. The highest BCUT2D eigenvalue weighted by atomic mass is 16.7. The topological polar surface area (TPSA) is 238 Å². The Labute approximate surface area is 243 Å². The maximum Gasteiger partial charge on any atom is 0.239 e. The monoisotopic (exact) mass is 608 g/mol. The van der Waals surface area contributed by atoms with Crippen molar-refractivity contribution in [1.29, 1.82) is 0 Å². The fourth-order valence-electron chi connectivity index (χ4n) is 5.03. The zero-order chi connectivity index (χ0) is 31.3. The van der Waals surface area contributed by atoms with E-state index in [1.807, 2.05) is 0 Å². The van der Waals surface area contributed by atoms with E-state index in [1.54, 1.807) is 0 Å². The van der Waals surface area contributed by atoms with E-state index >= 15 is 0 Å². The number of ether oxygens (including phenoxy) is 5. The van der Waals surface area contributed by atoms with Crippen LogP contribution in [0.3, 0.4) is 0 Å². The Morgan fingerprint density at radius 1 is 0.744 bits per heavy atom. The summed E-state index contributed by atoms with van der Waals surface area (Å²) >= 11 is 0. The van der Waals surface area contributed by atoms with E-state index in [4.69, 9.17) is 28.1 Å². The lowest BCUT2D eigenvalue weighted by Gasteiger charge is -2.45. The van der Waals surface area contributed by atoms with Crippen molar-refractivity contribution in [3.05, 3.63) is 40.6 Å². The highest BCUT2D eigenvalue weighted by Crippen LogP contribution is 2.40. The number of aromatic hydroxyl groups is 3. The van der Waals surface area contributed by atoms with E-state index in [1.165, 1.54) is 39.2 Å². The van der Waals surface area contributed by atoms with E-state index < -0.39 is 89.8 Å². The van der Waals surface area contributed by atoms with Crippen molar-refractivity contribution in [2.24, 2.45) is 0 Å². The molecule has 3 aromatic rings. The van der Waals surface area contributed by atoms with E-state index in [0.717, 1.165) is 12.1 Å². The summed E-state index contributed by atoms with van der Waals surface area (Å²) in [6.07, 6.45) is -14.8. The van der Waals surface area contributed by atoms with E-state index in [-0.39, 0.29) is 28.0 Å². The summed E-state index contributed by atoms with van der Waals surface area (Å²) in [5.74, 6) is -2.19. The molecule has 0 unspecified atom stereocenters. The molecule has 2 aliphatic heterocycles. The van der Waals surface area contributed by atoms with Gasteiger partial charge in [-0.25, -0.2) is 0 Å². The van der Waals surface area contributed by atoms with Gasteiger partial charge in [0.15, 0.2) is 23.5 Å². The van der Waals surface area contributed by atoms with Gasteiger partial charge in [-0.3, -0.25) is 4.79 Å². The van der Waals surface area contributed by atoms with Crippen LogP contribution in [-0.4, -0.2) is 109 Å². The minimum atomic E-state index is -1.87. The summed E-state index contributed by atoms with van der Waals surface area (Å²) in [5.41, 5.74) is -0.957. The second kappa shape index (κ2) is 11.8. The second-order valence-corrected chi connectivity index (χ2v) is 10.4. The fourth-order valence-corrected chi connectivity index (χ4v) is 5.03. The van der Waals surface area contributed by atoms with E-state index in [0.29, 0.717) is 0 Å². The molecule has 2 fully saturated rings. The number of hydrogen-bond acceptors (Lipinski definition) is 15. The van der Waals surface area contributed by atoms with Gasteiger partial charge in [-0.15, -0.1) is 0 Å². The van der Waals surface area contributed by atoms with Crippen LogP contribution in [0.5, 0.6) is 28.7 Å². The number of fused-ring (bicyclic) bond motifs is 1. The molecule has 234 valence electrons. The summed E-state index contributed by atoms with van der Waals surface area (Å²) in [7, 11) is 1.34. The van der Waals surface area contributed by atoms with Gasteiger partial charge in [0.25, 0.3) is 0 Å². The van der Waals surface area contributed by atoms with Crippen molar-refractivity contribution in [3.8, 4) is 40.1 Å². The molecule has 2 saturated heterocycles. The lowest BCUT2D eigenvalue weighted by Crippen LogP contribution is -2.63. The molecule has 0 spiro atoms. The highest BCUT2D eigenvalue weighted by Gasteiger charge is 2.50. The van der Waals surface area contributed by atoms with Crippen LogP contribution in [0.15, 0.2) is 39.5 Å². The molecule has 15 nitrogen and oxygen atoms in total. The van der Waals surface area contributed by atoms with Crippen LogP contribution in [0.1, 0.15) is 13.8 Å². The van der Waals surface area contributed by atoms with Gasteiger partial charge in [0.1, 0.15) is 59.1 Å². The van der Waals surface area contributed by atoms with E-state index in [9.17, 15) is 45.6 Å². The van der Waals surface area contributed by atoms with Crippen LogP contribution in [0.2, 0.25) is 0 Å². The first kappa shape index (κ1) is 30.8. The van der Waals surface area contributed by atoms with E-state index in [2.05, 4.69) is 0 Å². The zero-order valence-electron chi connectivity index (χ0n) is 23.1. The third kappa shape index (κ3) is 5.57. The van der Waals surface area contributed by atoms with Gasteiger partial charge in [0.2, 0.25) is 17.5 Å². The molecule has 3 heterocycles. The third-order valence-electron chi connectivity index (χ3n) is 7.49. The number of phenols is 3. The standard InChI is InChI=1S/C28H32O15/c1-9-18(32)20(34)22(36)27(39-9)42-24-10(2)40-28(23(37)21(24)35)43-26-19(33)17-15(31)7-12(38-3)8-16(17)41-25(26)11-4-5-13(29)14(30)6-11/h4-10,18,20-24,27-32,34-37H,1-3H3/t9-,10-,18-,20+,21-,22+,23+,24-,27-,28-/m0/s1. The molecule has 0 amide bonds. The van der Waals surface area contributed by atoms with Crippen molar-refractivity contribution >= 4 is 11.0 Å². The Balaban J connectivity index is 1.49. The van der Waals surface area contributed by atoms with Crippen LogP contribution in [0.4, 0.5) is 0 Å². The molecular formula is C28H32O15. The number of hydrogen-bond donors (Lipinski definition) is 8. The number of aliphatic hydroxyl groups is 5. The molecule has 10 atom stereocenters. The average Bonchev–Trinajstić information content (AvgIpc) is 2.97. The molecule has 43 heavy (non-hydrogen) atoms. The van der Waals surface area contributed by atoms with Crippen molar-refractivity contribution in [2.75, 3.05) is 7.11 Å². The van der Waals surface area contributed by atoms with Gasteiger partial charge in [0, 0.05) is 17.7 Å². The Hall–Kier alpha value is -3.67. The van der Waals surface area contributed by atoms with Crippen molar-refractivity contribution in [2.45, 2.75) is 75.3 Å². The number of rotatable bonds is 6. The molecule has 5 rings (SSSR count). The second-order valence-electron chi connectivity index (χ2n) is 10.4. The molecule has 0 bridgehead atoms. The molecule has 8 N–H and O–H groups in total. The third-order valence-corrected chi connectivity index (χ3v) is 7.49. The Morgan fingerprint density at radius 3 is 2.09 bits per heavy atom. The number of aliphatic hydroxyl groups excluding tert-OH is 5. The Bertz CT molecular complexity index is 1540. The zero-order valence-corrected chi connectivity index (χ0v) is 23.1. The maximum atomic E-state index is 13.7. The summed E-state index contributed by atoms with van der Waals surface area (Å²) < 4.78 is 33.6. The van der Waals surface area contributed by atoms with Crippen molar-refractivity contribution in [1.82, 2.24) is 0 Å². The van der Waals surface area contributed by atoms with Gasteiger partial charge >= 0.3 is 0 Å². The van der Waals surface area contributed by atoms with Crippen LogP contribution < -0.4 is 14.9 Å². The lowest BCUT2D eigenvalue weighted by molar-refractivity contribution is -0.345. The van der Waals surface area contributed by atoms with Gasteiger partial charge in [-0.2, -0.15) is 0 Å². The lowest BCUT2D eigenvalue weighted by atomic mass is 9.97. The first-order valence-electron chi connectivity index (χ1n) is 13.3. The minimum absolute atomic E-state index is 0.0602. The Kier molecular flexibility index (Phi) is 8.43. The first-order chi connectivity index (χ1) is 20.3. The molecule has 1 aromatic heterocycles. The van der Waals surface area contributed by atoms with Crippen LogP contribution in [0.25, 0.3) is 22.3 Å². The maximum absolute atomic E-state index is 13.7.